The molecule has 0 unspecified atom stereocenters. The molecule has 1 N–H and O–H groups in total. The number of ether oxygens (including phenoxy) is 1. The lowest BCUT2D eigenvalue weighted by molar-refractivity contribution is -0.385. The predicted octanol–water partition coefficient (Wildman–Crippen LogP) is 2.62. The van der Waals surface area contributed by atoms with Gasteiger partial charge in [0, 0.05) is 5.02 Å². The molecule has 0 aliphatic carbocycles. The predicted molar refractivity (Wildman–Crippen MR) is 96.6 cm³/mol. The van der Waals surface area contributed by atoms with Gasteiger partial charge >= 0.3 is 5.69 Å². The van der Waals surface area contributed by atoms with Crippen LogP contribution in [0.2, 0.25) is 5.02 Å². The summed E-state index contributed by atoms with van der Waals surface area (Å²) in [6, 6.07) is 6.96. The van der Waals surface area contributed by atoms with Crippen molar-refractivity contribution >= 4 is 28.9 Å². The van der Waals surface area contributed by atoms with Gasteiger partial charge in [-0.3, -0.25) is 19.6 Å². The van der Waals surface area contributed by atoms with Gasteiger partial charge in [0.15, 0.2) is 6.73 Å². The standard InChI is InChI=1S/C16H15ClN6O4/c1-11-15(23(25)26)7-19-22(11)9-16(24)20-13-6-18-21(8-13)10-27-14-4-2-3-12(17)5-14/h2-8H,9-10H2,1H3,(H,20,24). The Bertz CT molecular complexity index is 983. The molecule has 3 rings (SSSR count). The normalized spacial score (nSPS) is 10.6. The third-order valence-corrected chi connectivity index (χ3v) is 3.88. The second-order valence-corrected chi connectivity index (χ2v) is 6.01. The maximum Gasteiger partial charge on any atom is 0.309 e. The van der Waals surface area contributed by atoms with Gasteiger partial charge in [0.05, 0.1) is 23.0 Å². The van der Waals surface area contributed by atoms with E-state index in [9.17, 15) is 14.9 Å². The van der Waals surface area contributed by atoms with Crippen LogP contribution in [0.25, 0.3) is 0 Å². The minimum absolute atomic E-state index is 0.131. The van der Waals surface area contributed by atoms with Gasteiger partial charge in [0.25, 0.3) is 0 Å². The fraction of sp³-hybridized carbons (Fsp3) is 0.188. The fourth-order valence-corrected chi connectivity index (χ4v) is 2.49. The first-order valence-electron chi connectivity index (χ1n) is 7.80. The summed E-state index contributed by atoms with van der Waals surface area (Å²) < 4.78 is 8.32. The van der Waals surface area contributed by atoms with Crippen LogP contribution >= 0.6 is 11.6 Å². The van der Waals surface area contributed by atoms with Crippen molar-refractivity contribution < 1.29 is 14.5 Å². The molecule has 0 bridgehead atoms. The Kier molecular flexibility index (Phi) is 5.36. The third kappa shape index (κ3) is 4.61. The van der Waals surface area contributed by atoms with Crippen LogP contribution in [0.4, 0.5) is 11.4 Å². The number of nitrogens with zero attached hydrogens (tertiary/aromatic N) is 5. The van der Waals surface area contributed by atoms with E-state index >= 15 is 0 Å². The molecule has 0 fully saturated rings. The number of rotatable bonds is 7. The van der Waals surface area contributed by atoms with Crippen molar-refractivity contribution in [3.05, 3.63) is 63.7 Å². The number of amides is 1. The number of nitro groups is 1. The molecule has 27 heavy (non-hydrogen) atoms. The van der Waals surface area contributed by atoms with Gasteiger partial charge in [0.1, 0.15) is 24.2 Å². The van der Waals surface area contributed by atoms with Gasteiger partial charge in [-0.15, -0.1) is 0 Å². The van der Waals surface area contributed by atoms with Crippen LogP contribution < -0.4 is 10.1 Å². The Morgan fingerprint density at radius 1 is 1.37 bits per heavy atom. The van der Waals surface area contributed by atoms with E-state index in [0.29, 0.717) is 22.2 Å². The lowest BCUT2D eigenvalue weighted by atomic mass is 10.3. The summed E-state index contributed by atoms with van der Waals surface area (Å²) in [6.45, 7) is 1.52. The average molecular weight is 391 g/mol. The number of carbonyl (C=O) groups is 1. The topological polar surface area (TPSA) is 117 Å². The number of halogens is 1. The lowest BCUT2D eigenvalue weighted by Gasteiger charge is -2.06. The van der Waals surface area contributed by atoms with Gasteiger partial charge in [-0.2, -0.15) is 10.2 Å². The third-order valence-electron chi connectivity index (χ3n) is 3.64. The summed E-state index contributed by atoms with van der Waals surface area (Å²) >= 11 is 5.89. The van der Waals surface area contributed by atoms with E-state index in [2.05, 4.69) is 15.5 Å². The fourth-order valence-electron chi connectivity index (χ4n) is 2.31. The van der Waals surface area contributed by atoms with Crippen LogP contribution in [0.3, 0.4) is 0 Å². The molecule has 0 saturated heterocycles. The number of anilines is 1. The largest absolute Gasteiger partial charge is 0.471 e. The molecule has 140 valence electrons. The van der Waals surface area contributed by atoms with Crippen molar-refractivity contribution in [1.82, 2.24) is 19.6 Å². The summed E-state index contributed by atoms with van der Waals surface area (Å²) in [4.78, 5) is 22.4. The van der Waals surface area contributed by atoms with Gasteiger partial charge in [-0.05, 0) is 25.1 Å². The van der Waals surface area contributed by atoms with Gasteiger partial charge in [0.2, 0.25) is 5.91 Å². The number of hydrogen-bond acceptors (Lipinski definition) is 6. The van der Waals surface area contributed by atoms with Crippen molar-refractivity contribution in [3.8, 4) is 5.75 Å². The van der Waals surface area contributed by atoms with Crippen molar-refractivity contribution in [3.63, 3.8) is 0 Å². The second-order valence-electron chi connectivity index (χ2n) is 5.58. The minimum atomic E-state index is -0.541. The zero-order chi connectivity index (χ0) is 19.4. The first-order chi connectivity index (χ1) is 12.9. The van der Waals surface area contributed by atoms with Gasteiger partial charge in [-0.1, -0.05) is 17.7 Å². The highest BCUT2D eigenvalue weighted by atomic mass is 35.5. The summed E-state index contributed by atoms with van der Waals surface area (Å²) in [5, 5.41) is 22.0. The number of carbonyl (C=O) groups excluding carboxylic acids is 1. The first kappa shape index (κ1) is 18.4. The zero-order valence-electron chi connectivity index (χ0n) is 14.2. The highest BCUT2D eigenvalue weighted by molar-refractivity contribution is 6.30. The summed E-state index contributed by atoms with van der Waals surface area (Å²) in [5.74, 6) is 0.214. The molecule has 0 aliphatic heterocycles. The van der Waals surface area contributed by atoms with E-state index in [0.717, 1.165) is 6.20 Å². The number of nitrogens with one attached hydrogen (secondary N) is 1. The molecule has 2 aromatic heterocycles. The molecule has 0 aliphatic rings. The first-order valence-corrected chi connectivity index (χ1v) is 8.17. The molecule has 10 nitrogen and oxygen atoms in total. The van der Waals surface area contributed by atoms with Gasteiger partial charge < -0.3 is 10.1 Å². The van der Waals surface area contributed by atoms with Crippen LogP contribution in [0.1, 0.15) is 5.69 Å². The maximum absolute atomic E-state index is 12.1. The molecule has 0 spiro atoms. The van der Waals surface area contributed by atoms with E-state index in [1.165, 1.54) is 22.5 Å². The van der Waals surface area contributed by atoms with Gasteiger partial charge in [-0.25, -0.2) is 4.68 Å². The zero-order valence-corrected chi connectivity index (χ0v) is 15.0. The van der Waals surface area contributed by atoms with E-state index in [-0.39, 0.29) is 24.9 Å². The monoisotopic (exact) mass is 390 g/mol. The Morgan fingerprint density at radius 3 is 2.89 bits per heavy atom. The van der Waals surface area contributed by atoms with Crippen LogP contribution in [-0.2, 0) is 18.1 Å². The molecular weight excluding hydrogens is 376 g/mol. The second kappa shape index (κ2) is 7.87. The van der Waals surface area contributed by atoms with Crippen molar-refractivity contribution in [2.24, 2.45) is 0 Å². The Morgan fingerprint density at radius 2 is 2.19 bits per heavy atom. The minimum Gasteiger partial charge on any atom is -0.471 e. The highest BCUT2D eigenvalue weighted by Gasteiger charge is 2.18. The molecule has 1 aromatic carbocycles. The van der Waals surface area contributed by atoms with E-state index in [4.69, 9.17) is 16.3 Å². The molecule has 0 radical (unpaired) electrons. The summed E-state index contributed by atoms with van der Waals surface area (Å²) in [5.41, 5.74) is 0.642. The Hall–Kier alpha value is -3.40. The smallest absolute Gasteiger partial charge is 0.309 e. The maximum atomic E-state index is 12.1. The molecule has 11 heteroatoms. The SMILES string of the molecule is Cc1c([N+](=O)[O-])cnn1CC(=O)Nc1cnn(COc2cccc(Cl)c2)c1. The number of hydrogen-bond donors (Lipinski definition) is 1. The van der Waals surface area contributed by atoms with Crippen molar-refractivity contribution in [1.29, 1.82) is 0 Å². The quantitative estimate of drug-likeness (QED) is 0.489. The molecule has 2 heterocycles. The van der Waals surface area contributed by atoms with Crippen molar-refractivity contribution in [2.75, 3.05) is 5.32 Å². The summed E-state index contributed by atoms with van der Waals surface area (Å²) in [6.07, 6.45) is 4.19. The molecule has 3 aromatic rings. The number of benzene rings is 1. The van der Waals surface area contributed by atoms with Crippen LogP contribution in [0.5, 0.6) is 5.75 Å². The van der Waals surface area contributed by atoms with Crippen LogP contribution in [-0.4, -0.2) is 30.4 Å². The molecule has 0 saturated carbocycles. The van der Waals surface area contributed by atoms with Crippen LogP contribution in [0.15, 0.2) is 42.9 Å². The van der Waals surface area contributed by atoms with Crippen LogP contribution in [0, 0.1) is 17.0 Å². The van der Waals surface area contributed by atoms with E-state index < -0.39 is 4.92 Å². The highest BCUT2D eigenvalue weighted by Crippen LogP contribution is 2.18. The average Bonchev–Trinajstić information content (AvgIpc) is 3.20. The van der Waals surface area contributed by atoms with E-state index in [1.54, 1.807) is 30.5 Å². The Balaban J connectivity index is 1.55. The molecular formula is C16H15ClN6O4. The lowest BCUT2D eigenvalue weighted by Crippen LogP contribution is -2.20. The molecule has 0 atom stereocenters. The Labute approximate surface area is 158 Å². The van der Waals surface area contributed by atoms with Crippen molar-refractivity contribution in [2.45, 2.75) is 20.2 Å². The summed E-state index contributed by atoms with van der Waals surface area (Å²) in [7, 11) is 0. The number of aromatic nitrogens is 4. The molecule has 1 amide bonds. The van der Waals surface area contributed by atoms with E-state index in [1.807, 2.05) is 0 Å².